The molecule has 0 radical (unpaired) electrons. The second-order valence-electron chi connectivity index (χ2n) is 5.57. The minimum absolute atomic E-state index is 0.000561. The lowest BCUT2D eigenvalue weighted by atomic mass is 10.1. The Morgan fingerprint density at radius 1 is 1.21 bits per heavy atom. The fourth-order valence-corrected chi connectivity index (χ4v) is 2.61. The molecule has 2 aliphatic rings. The van der Waals surface area contributed by atoms with Crippen molar-refractivity contribution in [3.63, 3.8) is 0 Å². The Kier molecular flexibility index (Phi) is 3.32. The van der Waals surface area contributed by atoms with E-state index >= 15 is 0 Å². The van der Waals surface area contributed by atoms with E-state index in [-0.39, 0.29) is 5.91 Å². The van der Waals surface area contributed by atoms with E-state index in [2.05, 4.69) is 10.2 Å². The number of benzene rings is 1. The number of hydrogen-bond acceptors (Lipinski definition) is 3. The van der Waals surface area contributed by atoms with E-state index in [9.17, 15) is 4.79 Å². The van der Waals surface area contributed by atoms with Gasteiger partial charge in [-0.05, 0) is 50.3 Å². The van der Waals surface area contributed by atoms with Crippen LogP contribution in [0.4, 0.5) is 11.4 Å². The van der Waals surface area contributed by atoms with E-state index in [0.717, 1.165) is 31.6 Å². The second kappa shape index (κ2) is 5.11. The molecule has 0 spiro atoms. The Hall–Kier alpha value is -1.71. The van der Waals surface area contributed by atoms with Gasteiger partial charge in [0, 0.05) is 24.7 Å². The lowest BCUT2D eigenvalue weighted by Gasteiger charge is -2.30. The van der Waals surface area contributed by atoms with Crippen molar-refractivity contribution in [2.45, 2.75) is 38.1 Å². The fraction of sp³-hybridized carbons (Fsp3) is 0.533. The molecule has 19 heavy (non-hydrogen) atoms. The average Bonchev–Trinajstić information content (AvgIpc) is 3.23. The van der Waals surface area contributed by atoms with Crippen LogP contribution in [-0.2, 0) is 0 Å². The number of anilines is 2. The first-order valence-electron chi connectivity index (χ1n) is 7.19. The Labute approximate surface area is 114 Å². The molecule has 4 heteroatoms. The smallest absolute Gasteiger partial charge is 0.251 e. The largest absolute Gasteiger partial charge is 0.397 e. The summed E-state index contributed by atoms with van der Waals surface area (Å²) in [7, 11) is 0. The van der Waals surface area contributed by atoms with Gasteiger partial charge >= 0.3 is 0 Å². The van der Waals surface area contributed by atoms with Gasteiger partial charge in [0.15, 0.2) is 0 Å². The van der Waals surface area contributed by atoms with Crippen molar-refractivity contribution in [3.05, 3.63) is 23.8 Å². The number of amides is 1. The molecule has 0 aromatic heterocycles. The molecule has 1 aromatic carbocycles. The van der Waals surface area contributed by atoms with Gasteiger partial charge in [0.25, 0.3) is 5.91 Å². The van der Waals surface area contributed by atoms with Crippen molar-refractivity contribution in [2.24, 2.45) is 0 Å². The molecule has 1 amide bonds. The zero-order valence-corrected chi connectivity index (χ0v) is 11.2. The van der Waals surface area contributed by atoms with E-state index < -0.39 is 0 Å². The third-order valence-electron chi connectivity index (χ3n) is 3.90. The number of piperidine rings is 1. The van der Waals surface area contributed by atoms with Gasteiger partial charge in [0.1, 0.15) is 0 Å². The summed E-state index contributed by atoms with van der Waals surface area (Å²) in [6.45, 7) is 2.13. The molecule has 1 heterocycles. The maximum atomic E-state index is 12.0. The predicted octanol–water partition coefficient (Wildman–Crippen LogP) is 2.15. The quantitative estimate of drug-likeness (QED) is 0.818. The molecule has 3 N–H and O–H groups in total. The first kappa shape index (κ1) is 12.3. The van der Waals surface area contributed by atoms with Gasteiger partial charge in [-0.1, -0.05) is 0 Å². The van der Waals surface area contributed by atoms with Crippen LogP contribution in [0.15, 0.2) is 18.2 Å². The molecule has 0 unspecified atom stereocenters. The number of nitrogen functional groups attached to an aromatic ring is 1. The normalized spacial score (nSPS) is 19.3. The molecule has 2 fully saturated rings. The number of nitrogens with two attached hydrogens (primary N) is 1. The third kappa shape index (κ3) is 2.83. The Bertz CT molecular complexity index is 476. The van der Waals surface area contributed by atoms with Gasteiger partial charge in [-0.25, -0.2) is 0 Å². The molecule has 1 saturated heterocycles. The van der Waals surface area contributed by atoms with Crippen LogP contribution in [-0.4, -0.2) is 25.0 Å². The van der Waals surface area contributed by atoms with E-state index in [1.54, 1.807) is 0 Å². The van der Waals surface area contributed by atoms with Gasteiger partial charge in [0.05, 0.1) is 11.4 Å². The van der Waals surface area contributed by atoms with Crippen molar-refractivity contribution in [1.29, 1.82) is 0 Å². The Morgan fingerprint density at radius 2 is 1.95 bits per heavy atom. The summed E-state index contributed by atoms with van der Waals surface area (Å²) in [5, 5.41) is 2.99. The first-order chi connectivity index (χ1) is 9.24. The van der Waals surface area contributed by atoms with Gasteiger partial charge in [-0.3, -0.25) is 4.79 Å². The van der Waals surface area contributed by atoms with E-state index in [1.807, 2.05) is 18.2 Å². The molecule has 1 aliphatic heterocycles. The van der Waals surface area contributed by atoms with Gasteiger partial charge in [-0.2, -0.15) is 0 Å². The number of rotatable bonds is 3. The minimum atomic E-state index is -0.000561. The molecule has 0 bridgehead atoms. The van der Waals surface area contributed by atoms with E-state index in [4.69, 9.17) is 5.73 Å². The summed E-state index contributed by atoms with van der Waals surface area (Å²) in [5.74, 6) is -0.000561. The number of nitrogens with one attached hydrogen (secondary N) is 1. The molecule has 0 atom stereocenters. The van der Waals surface area contributed by atoms with E-state index in [1.165, 1.54) is 19.3 Å². The molecule has 1 aliphatic carbocycles. The zero-order chi connectivity index (χ0) is 13.2. The van der Waals surface area contributed by atoms with Crippen molar-refractivity contribution >= 4 is 17.3 Å². The van der Waals surface area contributed by atoms with Gasteiger partial charge in [0.2, 0.25) is 0 Å². The summed E-state index contributed by atoms with van der Waals surface area (Å²) in [4.78, 5) is 14.3. The minimum Gasteiger partial charge on any atom is -0.397 e. The zero-order valence-electron chi connectivity index (χ0n) is 11.2. The van der Waals surface area contributed by atoms with Crippen LogP contribution in [0.25, 0.3) is 0 Å². The maximum Gasteiger partial charge on any atom is 0.251 e. The maximum absolute atomic E-state index is 12.0. The van der Waals surface area contributed by atoms with E-state index in [0.29, 0.717) is 17.3 Å². The monoisotopic (exact) mass is 259 g/mol. The van der Waals surface area contributed by atoms with Crippen molar-refractivity contribution in [2.75, 3.05) is 23.7 Å². The van der Waals surface area contributed by atoms with Gasteiger partial charge < -0.3 is 16.0 Å². The highest BCUT2D eigenvalue weighted by molar-refractivity contribution is 5.96. The molecule has 1 aromatic rings. The highest BCUT2D eigenvalue weighted by atomic mass is 16.1. The van der Waals surface area contributed by atoms with Crippen LogP contribution < -0.4 is 16.0 Å². The van der Waals surface area contributed by atoms with Crippen molar-refractivity contribution < 1.29 is 4.79 Å². The molecular weight excluding hydrogens is 238 g/mol. The highest BCUT2D eigenvalue weighted by Gasteiger charge is 2.24. The standard InChI is InChI=1S/C15H21N3O/c16-13-10-11(15(19)17-12-5-6-12)4-7-14(13)18-8-2-1-3-9-18/h4,7,10,12H,1-3,5-6,8-9,16H2,(H,17,19). The SMILES string of the molecule is Nc1cc(C(=O)NC2CC2)ccc1N1CCCCC1. The topological polar surface area (TPSA) is 58.4 Å². The summed E-state index contributed by atoms with van der Waals surface area (Å²) < 4.78 is 0. The summed E-state index contributed by atoms with van der Waals surface area (Å²) in [5.41, 5.74) is 8.57. The fourth-order valence-electron chi connectivity index (χ4n) is 2.61. The van der Waals surface area contributed by atoms with Crippen LogP contribution >= 0.6 is 0 Å². The lowest BCUT2D eigenvalue weighted by molar-refractivity contribution is 0.0951. The first-order valence-corrected chi connectivity index (χ1v) is 7.19. The van der Waals surface area contributed by atoms with Gasteiger partial charge in [-0.15, -0.1) is 0 Å². The Balaban J connectivity index is 1.74. The Morgan fingerprint density at radius 3 is 2.58 bits per heavy atom. The van der Waals surface area contributed by atoms with Crippen LogP contribution in [0.5, 0.6) is 0 Å². The number of nitrogens with zero attached hydrogens (tertiary/aromatic N) is 1. The average molecular weight is 259 g/mol. The van der Waals surface area contributed by atoms with Crippen LogP contribution in [0.2, 0.25) is 0 Å². The molecule has 4 nitrogen and oxygen atoms in total. The van der Waals surface area contributed by atoms with Crippen molar-refractivity contribution in [3.8, 4) is 0 Å². The number of carbonyl (C=O) groups excluding carboxylic acids is 1. The van der Waals surface area contributed by atoms with Crippen molar-refractivity contribution in [1.82, 2.24) is 5.32 Å². The third-order valence-corrected chi connectivity index (χ3v) is 3.90. The number of hydrogen-bond donors (Lipinski definition) is 2. The highest BCUT2D eigenvalue weighted by Crippen LogP contribution is 2.27. The summed E-state index contributed by atoms with van der Waals surface area (Å²) >= 11 is 0. The predicted molar refractivity (Wildman–Crippen MR) is 77.4 cm³/mol. The van der Waals surface area contributed by atoms with Crippen LogP contribution in [0.1, 0.15) is 42.5 Å². The number of carbonyl (C=O) groups is 1. The molecule has 3 rings (SSSR count). The second-order valence-corrected chi connectivity index (χ2v) is 5.57. The lowest BCUT2D eigenvalue weighted by Crippen LogP contribution is -2.30. The molecular formula is C15H21N3O. The molecule has 102 valence electrons. The summed E-state index contributed by atoms with van der Waals surface area (Å²) in [6.07, 6.45) is 5.96. The molecule has 1 saturated carbocycles. The summed E-state index contributed by atoms with van der Waals surface area (Å²) in [6, 6.07) is 6.07. The van der Waals surface area contributed by atoms with Crippen LogP contribution in [0.3, 0.4) is 0 Å². The van der Waals surface area contributed by atoms with Crippen LogP contribution in [0, 0.1) is 0 Å².